The molecule has 2 nitrogen and oxygen atoms in total. The minimum absolute atomic E-state index is 0.125. The Morgan fingerprint density at radius 2 is 2.06 bits per heavy atom. The molecular weight excluding hydrogens is 198 g/mol. The maximum absolute atomic E-state index is 8.89. The van der Waals surface area contributed by atoms with Gasteiger partial charge in [0.15, 0.2) is 0 Å². The Morgan fingerprint density at radius 3 is 2.44 bits per heavy atom. The zero-order chi connectivity index (χ0) is 12.8. The number of terminal acetylenes is 1. The van der Waals surface area contributed by atoms with Gasteiger partial charge < -0.3 is 10.0 Å². The molecule has 0 aromatic carbocycles. The van der Waals surface area contributed by atoms with Crippen LogP contribution in [0.4, 0.5) is 0 Å². The predicted octanol–water partition coefficient (Wildman–Crippen LogP) is 2.81. The molecule has 92 valence electrons. The topological polar surface area (TPSA) is 23.5 Å². The van der Waals surface area contributed by atoms with Crippen molar-refractivity contribution >= 4 is 0 Å². The Kier molecular flexibility index (Phi) is 14.8. The standard InChI is InChI=1S/C12H19NO.C2H6/c1-4-7-12(8-5-2)13(9-6-3)10-11-14;1-2/h3-4,7-8,14H,5,9-11H2,1-2H3;1-2H3/b7-4-,12-8+;. The third-order valence-electron chi connectivity index (χ3n) is 1.77. The van der Waals surface area contributed by atoms with Crippen LogP contribution in [0.2, 0.25) is 0 Å². The number of rotatable bonds is 6. The van der Waals surface area contributed by atoms with E-state index < -0.39 is 0 Å². The lowest BCUT2D eigenvalue weighted by Crippen LogP contribution is -2.26. The summed E-state index contributed by atoms with van der Waals surface area (Å²) >= 11 is 0. The van der Waals surface area contributed by atoms with Crippen LogP contribution < -0.4 is 0 Å². The molecule has 16 heavy (non-hydrogen) atoms. The molecule has 0 radical (unpaired) electrons. The fourth-order valence-electron chi connectivity index (χ4n) is 1.21. The lowest BCUT2D eigenvalue weighted by molar-refractivity contribution is 0.240. The van der Waals surface area contributed by atoms with Crippen LogP contribution in [0.5, 0.6) is 0 Å². The summed E-state index contributed by atoms with van der Waals surface area (Å²) in [7, 11) is 0. The van der Waals surface area contributed by atoms with Crippen molar-refractivity contribution in [3.63, 3.8) is 0 Å². The maximum Gasteiger partial charge on any atom is 0.0792 e. The molecule has 2 heteroatoms. The van der Waals surface area contributed by atoms with Crippen molar-refractivity contribution in [1.29, 1.82) is 0 Å². The third kappa shape index (κ3) is 8.14. The van der Waals surface area contributed by atoms with Gasteiger partial charge in [0.2, 0.25) is 0 Å². The average Bonchev–Trinajstić information content (AvgIpc) is 2.31. The predicted molar refractivity (Wildman–Crippen MR) is 72.0 cm³/mol. The van der Waals surface area contributed by atoms with Crippen LogP contribution in [0.15, 0.2) is 23.9 Å². The fraction of sp³-hybridized carbons (Fsp3) is 0.571. The van der Waals surface area contributed by atoms with Crippen LogP contribution in [0.3, 0.4) is 0 Å². The fourth-order valence-corrected chi connectivity index (χ4v) is 1.21. The first kappa shape index (κ1) is 17.2. The molecule has 0 aliphatic rings. The average molecular weight is 223 g/mol. The normalized spacial score (nSPS) is 10.6. The molecule has 0 saturated carbocycles. The van der Waals surface area contributed by atoms with Gasteiger partial charge in [-0.3, -0.25) is 0 Å². The van der Waals surface area contributed by atoms with Crippen molar-refractivity contribution in [2.24, 2.45) is 0 Å². The Hall–Kier alpha value is -1.20. The zero-order valence-corrected chi connectivity index (χ0v) is 11.0. The van der Waals surface area contributed by atoms with E-state index in [-0.39, 0.29) is 6.61 Å². The van der Waals surface area contributed by atoms with Crippen molar-refractivity contribution in [2.45, 2.75) is 34.1 Å². The van der Waals surface area contributed by atoms with Crippen molar-refractivity contribution in [1.82, 2.24) is 4.90 Å². The first-order valence-electron chi connectivity index (χ1n) is 5.92. The number of aliphatic hydroxyl groups is 1. The summed E-state index contributed by atoms with van der Waals surface area (Å²) in [4.78, 5) is 1.99. The van der Waals surface area contributed by atoms with Gasteiger partial charge in [0.05, 0.1) is 13.2 Å². The molecule has 0 aromatic rings. The second-order valence-electron chi connectivity index (χ2n) is 2.89. The summed E-state index contributed by atoms with van der Waals surface area (Å²) in [5.74, 6) is 2.59. The molecular formula is C14H25NO. The van der Waals surface area contributed by atoms with Gasteiger partial charge >= 0.3 is 0 Å². The van der Waals surface area contributed by atoms with Crippen LogP contribution in [0, 0.1) is 12.3 Å². The Morgan fingerprint density at radius 1 is 1.44 bits per heavy atom. The largest absolute Gasteiger partial charge is 0.395 e. The second-order valence-corrected chi connectivity index (χ2v) is 2.89. The van der Waals surface area contributed by atoms with E-state index in [9.17, 15) is 0 Å². The second kappa shape index (κ2) is 13.8. The number of allylic oxidation sites excluding steroid dienone is 3. The lowest BCUT2D eigenvalue weighted by atomic mass is 10.2. The molecule has 0 unspecified atom stereocenters. The van der Waals surface area contributed by atoms with E-state index in [4.69, 9.17) is 11.5 Å². The summed E-state index contributed by atoms with van der Waals surface area (Å²) < 4.78 is 0. The summed E-state index contributed by atoms with van der Waals surface area (Å²) in [6.07, 6.45) is 12.3. The van der Waals surface area contributed by atoms with Crippen LogP contribution in [-0.4, -0.2) is 29.7 Å². The zero-order valence-electron chi connectivity index (χ0n) is 11.0. The smallest absolute Gasteiger partial charge is 0.0792 e. The van der Waals surface area contributed by atoms with E-state index in [1.807, 2.05) is 37.8 Å². The van der Waals surface area contributed by atoms with E-state index in [0.717, 1.165) is 12.1 Å². The molecule has 0 aliphatic carbocycles. The summed E-state index contributed by atoms with van der Waals surface area (Å²) in [5, 5.41) is 8.89. The van der Waals surface area contributed by atoms with Crippen molar-refractivity contribution in [3.05, 3.63) is 23.9 Å². The molecule has 0 aromatic heterocycles. The molecule has 0 heterocycles. The van der Waals surface area contributed by atoms with Gasteiger partial charge in [-0.15, -0.1) is 6.42 Å². The maximum atomic E-state index is 8.89. The summed E-state index contributed by atoms with van der Waals surface area (Å²) in [6.45, 7) is 9.30. The van der Waals surface area contributed by atoms with E-state index in [1.54, 1.807) is 0 Å². The monoisotopic (exact) mass is 223 g/mol. The van der Waals surface area contributed by atoms with Gasteiger partial charge in [0.25, 0.3) is 0 Å². The molecule has 0 atom stereocenters. The van der Waals surface area contributed by atoms with Crippen molar-refractivity contribution in [2.75, 3.05) is 19.7 Å². The third-order valence-corrected chi connectivity index (χ3v) is 1.77. The molecule has 0 fully saturated rings. The van der Waals surface area contributed by atoms with E-state index in [1.165, 1.54) is 0 Å². The highest BCUT2D eigenvalue weighted by atomic mass is 16.3. The number of aliphatic hydroxyl groups excluding tert-OH is 1. The van der Waals surface area contributed by atoms with Gasteiger partial charge in [-0.05, 0) is 19.4 Å². The minimum atomic E-state index is 0.125. The molecule has 1 N–H and O–H groups in total. The number of nitrogens with zero attached hydrogens (tertiary/aromatic N) is 1. The van der Waals surface area contributed by atoms with Crippen LogP contribution in [0.1, 0.15) is 34.1 Å². The van der Waals surface area contributed by atoms with E-state index >= 15 is 0 Å². The summed E-state index contributed by atoms with van der Waals surface area (Å²) in [6, 6.07) is 0. The molecule has 0 amide bonds. The van der Waals surface area contributed by atoms with Gasteiger partial charge in [-0.1, -0.05) is 38.8 Å². The Bertz CT molecular complexity index is 236. The van der Waals surface area contributed by atoms with Crippen LogP contribution in [-0.2, 0) is 0 Å². The van der Waals surface area contributed by atoms with Gasteiger partial charge in [-0.2, -0.15) is 0 Å². The Balaban J connectivity index is 0. The highest BCUT2D eigenvalue weighted by molar-refractivity contribution is 5.18. The van der Waals surface area contributed by atoms with E-state index in [2.05, 4.69) is 18.9 Å². The molecule has 0 rings (SSSR count). The molecule has 0 aliphatic heterocycles. The first-order valence-corrected chi connectivity index (χ1v) is 5.92. The van der Waals surface area contributed by atoms with Crippen molar-refractivity contribution < 1.29 is 5.11 Å². The molecule has 0 saturated heterocycles. The highest BCUT2D eigenvalue weighted by Gasteiger charge is 2.03. The Labute approximate surface area is 101 Å². The SMILES string of the molecule is C#CCN(CCO)C(/C=C\C)=C/CC.CC. The minimum Gasteiger partial charge on any atom is -0.395 e. The quantitative estimate of drug-likeness (QED) is 0.553. The van der Waals surface area contributed by atoms with Gasteiger partial charge in [0, 0.05) is 12.2 Å². The van der Waals surface area contributed by atoms with E-state index in [0.29, 0.717) is 13.1 Å². The van der Waals surface area contributed by atoms with Crippen molar-refractivity contribution in [3.8, 4) is 12.3 Å². The number of hydrogen-bond acceptors (Lipinski definition) is 2. The highest BCUT2D eigenvalue weighted by Crippen LogP contribution is 2.06. The molecule has 0 bridgehead atoms. The first-order chi connectivity index (χ1) is 7.79. The van der Waals surface area contributed by atoms with Crippen LogP contribution >= 0.6 is 0 Å². The summed E-state index contributed by atoms with van der Waals surface area (Å²) in [5.41, 5.74) is 1.09. The van der Waals surface area contributed by atoms with Crippen LogP contribution in [0.25, 0.3) is 0 Å². The van der Waals surface area contributed by atoms with Gasteiger partial charge in [-0.25, -0.2) is 0 Å². The molecule has 0 spiro atoms. The van der Waals surface area contributed by atoms with Gasteiger partial charge in [0.1, 0.15) is 0 Å². The number of hydrogen-bond donors (Lipinski definition) is 1. The lowest BCUT2D eigenvalue weighted by Gasteiger charge is -2.22.